The van der Waals surface area contributed by atoms with Crippen LogP contribution in [0.5, 0.6) is 0 Å². The number of nitrogens with zero attached hydrogens (tertiary/aromatic N) is 3. The van der Waals surface area contributed by atoms with Crippen LogP contribution in [-0.4, -0.2) is 20.5 Å². The van der Waals surface area contributed by atoms with Crippen molar-refractivity contribution in [1.82, 2.24) is 14.3 Å². The molecule has 4 heteroatoms. The fraction of sp³-hybridized carbons (Fsp3) is 0.231. The molecule has 17 heavy (non-hydrogen) atoms. The van der Waals surface area contributed by atoms with Crippen molar-refractivity contribution in [1.29, 1.82) is 0 Å². The van der Waals surface area contributed by atoms with Crippen LogP contribution in [0.1, 0.15) is 11.4 Å². The quantitative estimate of drug-likeness (QED) is 0.757. The summed E-state index contributed by atoms with van der Waals surface area (Å²) in [4.78, 5) is 8.67. The van der Waals surface area contributed by atoms with Gasteiger partial charge in [-0.1, -0.05) is 24.1 Å². The first-order chi connectivity index (χ1) is 8.38. The highest BCUT2D eigenvalue weighted by Crippen LogP contribution is 2.14. The van der Waals surface area contributed by atoms with Crippen molar-refractivity contribution in [2.75, 3.05) is 6.26 Å². The summed E-state index contributed by atoms with van der Waals surface area (Å²) in [5.41, 5.74) is 2.16. The molecule has 2 heterocycles. The van der Waals surface area contributed by atoms with Gasteiger partial charge < -0.3 is 0 Å². The molecule has 0 aliphatic rings. The van der Waals surface area contributed by atoms with E-state index in [1.54, 1.807) is 11.9 Å². The van der Waals surface area contributed by atoms with Crippen LogP contribution in [0.3, 0.4) is 0 Å². The van der Waals surface area contributed by atoms with Crippen LogP contribution in [0.4, 0.5) is 0 Å². The van der Waals surface area contributed by atoms with Crippen LogP contribution in [0.2, 0.25) is 0 Å². The van der Waals surface area contributed by atoms with E-state index in [1.165, 1.54) is 0 Å². The molecular formula is C13H15N3S. The zero-order valence-electron chi connectivity index (χ0n) is 9.78. The molecule has 0 unspecified atom stereocenters. The van der Waals surface area contributed by atoms with E-state index in [1.807, 2.05) is 48.8 Å². The van der Waals surface area contributed by atoms with Gasteiger partial charge in [0, 0.05) is 12.4 Å². The first kappa shape index (κ1) is 12.1. The van der Waals surface area contributed by atoms with E-state index in [4.69, 9.17) is 0 Å². The van der Waals surface area contributed by atoms with Gasteiger partial charge in [-0.25, -0.2) is 4.31 Å². The van der Waals surface area contributed by atoms with Gasteiger partial charge in [0.1, 0.15) is 0 Å². The van der Waals surface area contributed by atoms with Crippen LogP contribution in [0.25, 0.3) is 0 Å². The normalized spacial score (nSPS) is 10.7. The Morgan fingerprint density at radius 1 is 0.941 bits per heavy atom. The summed E-state index contributed by atoms with van der Waals surface area (Å²) >= 11 is 1.71. The lowest BCUT2D eigenvalue weighted by Crippen LogP contribution is -2.15. The Morgan fingerprint density at radius 3 is 1.82 bits per heavy atom. The van der Waals surface area contributed by atoms with Gasteiger partial charge in [-0.3, -0.25) is 9.97 Å². The zero-order valence-corrected chi connectivity index (χ0v) is 10.6. The second-order valence-electron chi connectivity index (χ2n) is 3.62. The van der Waals surface area contributed by atoms with Gasteiger partial charge in [-0.2, -0.15) is 0 Å². The highest BCUT2D eigenvalue weighted by atomic mass is 32.2. The SMILES string of the molecule is CSN(Cc1ccccn1)Cc1ccccn1. The summed E-state index contributed by atoms with van der Waals surface area (Å²) in [6.45, 7) is 1.66. The maximum Gasteiger partial charge on any atom is 0.0553 e. The lowest BCUT2D eigenvalue weighted by molar-refractivity contribution is 0.451. The van der Waals surface area contributed by atoms with E-state index in [-0.39, 0.29) is 0 Å². The predicted octanol–water partition coefficient (Wildman–Crippen LogP) is 2.76. The maximum atomic E-state index is 4.33. The summed E-state index contributed by atoms with van der Waals surface area (Å²) in [6.07, 6.45) is 5.73. The molecule has 0 atom stereocenters. The number of hydrogen-bond acceptors (Lipinski definition) is 4. The Balaban J connectivity index is 1.98. The van der Waals surface area contributed by atoms with Crippen molar-refractivity contribution in [2.24, 2.45) is 0 Å². The van der Waals surface area contributed by atoms with E-state index in [9.17, 15) is 0 Å². The fourth-order valence-corrected chi connectivity index (χ4v) is 2.05. The molecule has 0 radical (unpaired) electrons. The monoisotopic (exact) mass is 245 g/mol. The second kappa shape index (κ2) is 6.37. The van der Waals surface area contributed by atoms with Gasteiger partial charge in [0.05, 0.1) is 24.5 Å². The van der Waals surface area contributed by atoms with Crippen LogP contribution < -0.4 is 0 Å². The molecule has 0 saturated carbocycles. The van der Waals surface area contributed by atoms with E-state index in [0.29, 0.717) is 0 Å². The first-order valence-corrected chi connectivity index (χ1v) is 6.65. The molecule has 0 aliphatic heterocycles. The van der Waals surface area contributed by atoms with Gasteiger partial charge in [0.2, 0.25) is 0 Å². The summed E-state index contributed by atoms with van der Waals surface area (Å²) in [5, 5.41) is 0. The number of pyridine rings is 2. The minimum Gasteiger partial charge on any atom is -0.260 e. The van der Waals surface area contributed by atoms with Crippen LogP contribution in [0.15, 0.2) is 48.8 Å². The molecule has 0 aromatic carbocycles. The first-order valence-electron chi connectivity index (χ1n) is 5.47. The highest BCUT2D eigenvalue weighted by molar-refractivity contribution is 7.96. The lowest BCUT2D eigenvalue weighted by atomic mass is 10.3. The van der Waals surface area contributed by atoms with Crippen molar-refractivity contribution in [2.45, 2.75) is 13.1 Å². The van der Waals surface area contributed by atoms with Gasteiger partial charge in [-0.05, 0) is 30.5 Å². The Bertz CT molecular complexity index is 391. The second-order valence-corrected chi connectivity index (χ2v) is 4.50. The Kier molecular flexibility index (Phi) is 4.53. The van der Waals surface area contributed by atoms with Crippen LogP contribution in [-0.2, 0) is 13.1 Å². The molecule has 0 aliphatic carbocycles. The molecule has 0 spiro atoms. The van der Waals surface area contributed by atoms with E-state index >= 15 is 0 Å². The Hall–Kier alpha value is -1.39. The van der Waals surface area contributed by atoms with E-state index in [2.05, 4.69) is 20.5 Å². The average Bonchev–Trinajstić information content (AvgIpc) is 2.40. The molecule has 2 aromatic heterocycles. The van der Waals surface area contributed by atoms with Crippen molar-refractivity contribution < 1.29 is 0 Å². The molecule has 0 amide bonds. The molecule has 0 N–H and O–H groups in total. The number of aromatic nitrogens is 2. The van der Waals surface area contributed by atoms with Gasteiger partial charge in [0.15, 0.2) is 0 Å². The van der Waals surface area contributed by atoms with Crippen molar-refractivity contribution in [3.63, 3.8) is 0 Å². The summed E-state index contributed by atoms with van der Waals surface area (Å²) in [5.74, 6) is 0. The molecule has 2 rings (SSSR count). The molecule has 2 aromatic rings. The van der Waals surface area contributed by atoms with Gasteiger partial charge in [-0.15, -0.1) is 0 Å². The minimum absolute atomic E-state index is 0.832. The van der Waals surface area contributed by atoms with Gasteiger partial charge >= 0.3 is 0 Å². The number of rotatable bonds is 5. The average molecular weight is 245 g/mol. The van der Waals surface area contributed by atoms with Crippen molar-refractivity contribution >= 4 is 11.9 Å². The van der Waals surface area contributed by atoms with Gasteiger partial charge in [0.25, 0.3) is 0 Å². The maximum absolute atomic E-state index is 4.33. The smallest absolute Gasteiger partial charge is 0.0553 e. The highest BCUT2D eigenvalue weighted by Gasteiger charge is 2.06. The fourth-order valence-electron chi connectivity index (χ4n) is 1.53. The summed E-state index contributed by atoms with van der Waals surface area (Å²) in [7, 11) is 0. The topological polar surface area (TPSA) is 29.0 Å². The standard InChI is InChI=1S/C13H15N3S/c1-17-16(10-12-6-2-4-8-14-12)11-13-7-3-5-9-15-13/h2-9H,10-11H2,1H3. The zero-order chi connectivity index (χ0) is 11.9. The molecule has 3 nitrogen and oxygen atoms in total. The minimum atomic E-state index is 0.832. The molecule has 0 saturated heterocycles. The third-order valence-corrected chi connectivity index (χ3v) is 3.16. The molecule has 0 bridgehead atoms. The molecular weight excluding hydrogens is 230 g/mol. The third kappa shape index (κ3) is 3.84. The third-order valence-electron chi connectivity index (χ3n) is 2.39. The Morgan fingerprint density at radius 2 is 1.47 bits per heavy atom. The molecule has 88 valence electrons. The van der Waals surface area contributed by atoms with Crippen molar-refractivity contribution in [3.05, 3.63) is 60.2 Å². The predicted molar refractivity (Wildman–Crippen MR) is 71.2 cm³/mol. The largest absolute Gasteiger partial charge is 0.260 e. The van der Waals surface area contributed by atoms with E-state index in [0.717, 1.165) is 24.5 Å². The summed E-state index contributed by atoms with van der Waals surface area (Å²) < 4.78 is 2.24. The number of hydrogen-bond donors (Lipinski definition) is 0. The van der Waals surface area contributed by atoms with Crippen LogP contribution in [0, 0.1) is 0 Å². The van der Waals surface area contributed by atoms with Crippen LogP contribution >= 0.6 is 11.9 Å². The Labute approximate surface area is 106 Å². The lowest BCUT2D eigenvalue weighted by Gasteiger charge is -2.18. The molecule has 0 fully saturated rings. The van der Waals surface area contributed by atoms with Crippen molar-refractivity contribution in [3.8, 4) is 0 Å². The summed E-state index contributed by atoms with van der Waals surface area (Å²) in [6, 6.07) is 12.0. The van der Waals surface area contributed by atoms with E-state index < -0.39 is 0 Å².